The maximum atomic E-state index is 10.8. The topological polar surface area (TPSA) is 81.9 Å². The molecule has 0 aromatic carbocycles. The van der Waals surface area contributed by atoms with E-state index in [1.165, 1.54) is 0 Å². The first kappa shape index (κ1) is 27.0. The summed E-state index contributed by atoms with van der Waals surface area (Å²) in [6, 6.07) is 0. The Bertz CT molecular complexity index is 854. The number of aliphatic hydroxyl groups excluding tert-OH is 1. The largest absolute Gasteiger partial charge is 0.481 e. The van der Waals surface area contributed by atoms with Crippen LogP contribution < -0.4 is 5.32 Å². The molecule has 0 fully saturated rings. The first-order chi connectivity index (χ1) is 15.4. The van der Waals surface area contributed by atoms with E-state index < -0.39 is 12.2 Å². The summed E-state index contributed by atoms with van der Waals surface area (Å²) < 4.78 is 0. The van der Waals surface area contributed by atoms with Gasteiger partial charge in [0.25, 0.3) is 0 Å². The molecule has 0 bridgehead atoms. The van der Waals surface area contributed by atoms with Crippen molar-refractivity contribution in [1.29, 1.82) is 0 Å². The Kier molecular flexibility index (Phi) is 13.3. The predicted molar refractivity (Wildman–Crippen MR) is 135 cm³/mol. The number of carboxylic acid groups (broad SMARTS) is 1. The molecule has 1 aliphatic heterocycles. The summed E-state index contributed by atoms with van der Waals surface area (Å²) in [7, 11) is 0. The third kappa shape index (κ3) is 11.4. The summed E-state index contributed by atoms with van der Waals surface area (Å²) in [5, 5.41) is 22.6. The van der Waals surface area contributed by atoms with Crippen LogP contribution >= 0.6 is 0 Å². The Morgan fingerprint density at radius 3 is 2.75 bits per heavy atom. The van der Waals surface area contributed by atoms with Crippen molar-refractivity contribution in [3.63, 3.8) is 0 Å². The number of aliphatic carboxylic acids is 1. The average Bonchev–Trinajstić information content (AvgIpc) is 2.75. The molecule has 1 unspecified atom stereocenters. The number of hydrogen-bond donors (Lipinski definition) is 3. The van der Waals surface area contributed by atoms with E-state index in [1.807, 2.05) is 55.5 Å². The predicted octanol–water partition coefficient (Wildman–Crippen LogP) is 5.22. The smallest absolute Gasteiger partial charge is 0.303 e. The number of carboxylic acids is 1. The number of aliphatic imine (C=N–C) groups is 1. The van der Waals surface area contributed by atoms with Crippen LogP contribution in [0.4, 0.5) is 0 Å². The van der Waals surface area contributed by atoms with Gasteiger partial charge >= 0.3 is 5.97 Å². The zero-order valence-electron chi connectivity index (χ0n) is 19.1. The molecule has 0 amide bonds. The van der Waals surface area contributed by atoms with Crippen LogP contribution in [0.15, 0.2) is 102 Å². The van der Waals surface area contributed by atoms with Crippen LogP contribution in [0.25, 0.3) is 0 Å². The van der Waals surface area contributed by atoms with E-state index in [9.17, 15) is 9.90 Å². The first-order valence-corrected chi connectivity index (χ1v) is 10.9. The monoisotopic (exact) mass is 436 g/mol. The number of nitrogens with one attached hydrogen (secondary N) is 1. The number of unbranched alkanes of at least 4 members (excludes halogenated alkanes) is 1. The number of aliphatic hydroxyl groups is 1. The number of rotatable bonds is 13. The van der Waals surface area contributed by atoms with Gasteiger partial charge in [0.05, 0.1) is 6.54 Å². The molecule has 0 spiro atoms. The van der Waals surface area contributed by atoms with Crippen LogP contribution in [0.5, 0.6) is 0 Å². The van der Waals surface area contributed by atoms with Crippen molar-refractivity contribution >= 4 is 11.7 Å². The lowest BCUT2D eigenvalue weighted by atomic mass is 9.97. The van der Waals surface area contributed by atoms with Crippen molar-refractivity contribution in [2.24, 2.45) is 4.99 Å². The fourth-order valence-corrected chi connectivity index (χ4v) is 3.11. The lowest BCUT2D eigenvalue weighted by Gasteiger charge is -2.16. The first-order valence-electron chi connectivity index (χ1n) is 10.9. The van der Waals surface area contributed by atoms with E-state index in [0.717, 1.165) is 35.3 Å². The van der Waals surface area contributed by atoms with Gasteiger partial charge in [0.15, 0.2) is 0 Å². The van der Waals surface area contributed by atoms with E-state index in [2.05, 4.69) is 25.1 Å². The van der Waals surface area contributed by atoms with Crippen molar-refractivity contribution in [3.05, 3.63) is 96.7 Å². The molecule has 3 N–H and O–H groups in total. The maximum Gasteiger partial charge on any atom is 0.303 e. The number of hydrogen-bond acceptors (Lipinski definition) is 4. The third-order valence-electron chi connectivity index (χ3n) is 4.72. The second kappa shape index (κ2) is 15.7. The van der Waals surface area contributed by atoms with Crippen molar-refractivity contribution in [2.45, 2.75) is 45.3 Å². The summed E-state index contributed by atoms with van der Waals surface area (Å²) in [5.41, 5.74) is 4.49. The second-order valence-corrected chi connectivity index (χ2v) is 7.59. The molecule has 1 rings (SSSR count). The van der Waals surface area contributed by atoms with E-state index in [-0.39, 0.29) is 6.42 Å². The lowest BCUT2D eigenvalue weighted by Crippen LogP contribution is -2.31. The normalized spacial score (nSPS) is 17.9. The fraction of sp³-hybridized carbons (Fsp3) is 0.333. The number of allylic oxidation sites excluding steroid dienone is 9. The van der Waals surface area contributed by atoms with Gasteiger partial charge in [0, 0.05) is 25.1 Å². The summed E-state index contributed by atoms with van der Waals surface area (Å²) in [5.74, 6) is -0.782. The standard InChI is InChI=1S/C27H36N2O3/c1-5-7-8-13-21(3)20-29-27(32)24-15-11-17-28-25(12-6-2)23(18-22(4)19-24)14-9-10-16-26(30)31/h5-8,11,13,15,18-19,27,29,32H,1-2,4,9-10,12,14,16-17,20H2,3H3,(H,30,31)/b8-7-,15-11?,21-13+,23-18-,24-19?,28-25?. The minimum absolute atomic E-state index is 0.157. The van der Waals surface area contributed by atoms with Crippen LogP contribution in [0, 0.1) is 0 Å². The fourth-order valence-electron chi connectivity index (χ4n) is 3.11. The SMILES string of the molecule is C=C/C=C\C=C(/C)CNC(O)C1=CC(=C)/C=C(/CCCCC(=O)O)C(CC=C)=NCC=C1. The summed E-state index contributed by atoms with van der Waals surface area (Å²) in [4.78, 5) is 15.5. The van der Waals surface area contributed by atoms with E-state index in [1.54, 1.807) is 6.08 Å². The highest BCUT2D eigenvalue weighted by atomic mass is 16.4. The Balaban J connectivity index is 2.97. The molecule has 0 saturated heterocycles. The van der Waals surface area contributed by atoms with Gasteiger partial charge in [0.1, 0.15) is 6.23 Å². The number of nitrogens with zero attached hydrogens (tertiary/aromatic N) is 1. The van der Waals surface area contributed by atoms with Crippen molar-refractivity contribution in [2.75, 3.05) is 13.1 Å². The maximum absolute atomic E-state index is 10.8. The summed E-state index contributed by atoms with van der Waals surface area (Å²) in [6.07, 6.45) is 18.9. The molecule has 0 aromatic heterocycles. The zero-order valence-corrected chi connectivity index (χ0v) is 19.1. The third-order valence-corrected chi connectivity index (χ3v) is 4.72. The Morgan fingerprint density at radius 1 is 1.28 bits per heavy atom. The Labute approximate surface area is 192 Å². The molecule has 1 atom stereocenters. The quantitative estimate of drug-likeness (QED) is 0.160. The van der Waals surface area contributed by atoms with Crippen LogP contribution in [-0.4, -0.2) is 41.2 Å². The molecule has 1 aliphatic rings. The minimum atomic E-state index is -0.849. The second-order valence-electron chi connectivity index (χ2n) is 7.59. The summed E-state index contributed by atoms with van der Waals surface area (Å²) in [6.45, 7) is 14.6. The van der Waals surface area contributed by atoms with Gasteiger partial charge < -0.3 is 10.2 Å². The molecule has 172 valence electrons. The summed E-state index contributed by atoms with van der Waals surface area (Å²) >= 11 is 0. The van der Waals surface area contributed by atoms with Crippen LogP contribution in [0.1, 0.15) is 39.0 Å². The molecule has 5 heteroatoms. The van der Waals surface area contributed by atoms with Crippen LogP contribution in [0.2, 0.25) is 0 Å². The van der Waals surface area contributed by atoms with Crippen LogP contribution in [0.3, 0.4) is 0 Å². The molecular formula is C27H36N2O3. The van der Waals surface area contributed by atoms with Gasteiger partial charge in [-0.3, -0.25) is 15.1 Å². The molecule has 32 heavy (non-hydrogen) atoms. The highest BCUT2D eigenvalue weighted by molar-refractivity contribution is 6.01. The van der Waals surface area contributed by atoms with Gasteiger partial charge in [-0.1, -0.05) is 67.3 Å². The number of carbonyl (C=O) groups is 1. The van der Waals surface area contributed by atoms with Crippen molar-refractivity contribution in [3.8, 4) is 0 Å². The molecule has 0 radical (unpaired) electrons. The van der Waals surface area contributed by atoms with E-state index in [0.29, 0.717) is 31.5 Å². The van der Waals surface area contributed by atoms with Gasteiger partial charge in [-0.2, -0.15) is 0 Å². The van der Waals surface area contributed by atoms with E-state index >= 15 is 0 Å². The van der Waals surface area contributed by atoms with Crippen molar-refractivity contribution in [1.82, 2.24) is 5.32 Å². The van der Waals surface area contributed by atoms with Gasteiger partial charge in [-0.25, -0.2) is 0 Å². The average molecular weight is 437 g/mol. The van der Waals surface area contributed by atoms with Gasteiger partial charge in [-0.15, -0.1) is 6.58 Å². The molecule has 0 saturated carbocycles. The molecular weight excluding hydrogens is 400 g/mol. The van der Waals surface area contributed by atoms with E-state index in [4.69, 9.17) is 10.1 Å². The van der Waals surface area contributed by atoms with Gasteiger partial charge in [-0.05, 0) is 49.0 Å². The zero-order chi connectivity index (χ0) is 23.8. The Morgan fingerprint density at radius 2 is 2.06 bits per heavy atom. The molecule has 0 aromatic rings. The van der Waals surface area contributed by atoms with Crippen LogP contribution in [-0.2, 0) is 4.79 Å². The molecule has 1 heterocycles. The van der Waals surface area contributed by atoms with Gasteiger partial charge in [0.2, 0.25) is 0 Å². The molecule has 5 nitrogen and oxygen atoms in total. The van der Waals surface area contributed by atoms with Crippen molar-refractivity contribution < 1.29 is 15.0 Å². The highest BCUT2D eigenvalue weighted by Gasteiger charge is 2.11. The molecule has 0 aliphatic carbocycles. The minimum Gasteiger partial charge on any atom is -0.481 e. The highest BCUT2D eigenvalue weighted by Crippen LogP contribution is 2.19. The lowest BCUT2D eigenvalue weighted by molar-refractivity contribution is -0.137. The Hall–Kier alpha value is -3.02.